The first kappa shape index (κ1) is 34.6. The standard InChI is InChI=1S/C26H32F9N3O2.CO2/c27-24(28,29)20-14-18(16-36-8-2-1-3-9-36)13-19(15-20)17-38-10-4-5-23(38)6-11-37(12-7-23)22(39)40-21(25(30,31)32)26(33,34)35;2-1-3/h13-15,21H,1-12,16-17H2;. The van der Waals surface area contributed by atoms with Crippen molar-refractivity contribution in [2.75, 3.05) is 32.7 Å². The molecule has 1 spiro atoms. The largest absolute Gasteiger partial charge is 0.434 e. The first-order chi connectivity index (χ1) is 20.0. The van der Waals surface area contributed by atoms with Crippen molar-refractivity contribution >= 4 is 12.2 Å². The van der Waals surface area contributed by atoms with E-state index in [0.29, 0.717) is 30.6 Å². The molecule has 3 heterocycles. The number of carbonyl (C=O) groups excluding carboxylic acids is 3. The van der Waals surface area contributed by atoms with Gasteiger partial charge in [0.05, 0.1) is 5.56 Å². The molecule has 0 atom stereocenters. The molecule has 0 bridgehead atoms. The Bertz CT molecular complexity index is 1110. The minimum Gasteiger partial charge on any atom is -0.426 e. The topological polar surface area (TPSA) is 70.2 Å². The lowest BCUT2D eigenvalue weighted by atomic mass is 9.84. The molecule has 16 heteroatoms. The van der Waals surface area contributed by atoms with Crippen LogP contribution in [-0.2, 0) is 33.6 Å². The molecule has 0 N–H and O–H groups in total. The summed E-state index contributed by atoms with van der Waals surface area (Å²) < 4.78 is 122. The first-order valence-electron chi connectivity index (χ1n) is 13.7. The van der Waals surface area contributed by atoms with Crippen molar-refractivity contribution in [3.63, 3.8) is 0 Å². The highest BCUT2D eigenvalue weighted by Crippen LogP contribution is 2.41. The Morgan fingerprint density at radius 2 is 1.30 bits per heavy atom. The van der Waals surface area contributed by atoms with Crippen molar-refractivity contribution in [3.05, 3.63) is 34.9 Å². The lowest BCUT2D eigenvalue weighted by Crippen LogP contribution is -2.54. The van der Waals surface area contributed by atoms with Crippen molar-refractivity contribution in [2.24, 2.45) is 0 Å². The number of alkyl halides is 9. The maximum atomic E-state index is 13.7. The number of nitrogens with zero attached hydrogens (tertiary/aromatic N) is 3. The van der Waals surface area contributed by atoms with Gasteiger partial charge in [-0.25, -0.2) is 4.79 Å². The lowest BCUT2D eigenvalue weighted by molar-refractivity contribution is -0.308. The molecule has 43 heavy (non-hydrogen) atoms. The van der Waals surface area contributed by atoms with Crippen LogP contribution in [0.5, 0.6) is 0 Å². The second-order valence-electron chi connectivity index (χ2n) is 11.0. The van der Waals surface area contributed by atoms with E-state index in [2.05, 4.69) is 9.64 Å². The normalized spacial score (nSPS) is 20.1. The van der Waals surface area contributed by atoms with Gasteiger partial charge in [0.1, 0.15) is 0 Å². The number of rotatable bonds is 5. The molecule has 1 aromatic carbocycles. The van der Waals surface area contributed by atoms with Gasteiger partial charge in [-0.3, -0.25) is 9.80 Å². The molecule has 0 aliphatic carbocycles. The van der Waals surface area contributed by atoms with Gasteiger partial charge in [0.2, 0.25) is 0 Å². The van der Waals surface area contributed by atoms with E-state index in [9.17, 15) is 44.3 Å². The van der Waals surface area contributed by atoms with E-state index < -0.39 is 41.8 Å². The zero-order valence-corrected chi connectivity index (χ0v) is 23.1. The van der Waals surface area contributed by atoms with Gasteiger partial charge in [0.15, 0.2) is 0 Å². The van der Waals surface area contributed by atoms with Crippen molar-refractivity contribution in [1.29, 1.82) is 0 Å². The smallest absolute Gasteiger partial charge is 0.426 e. The second-order valence-corrected chi connectivity index (χ2v) is 11.0. The van der Waals surface area contributed by atoms with E-state index in [-0.39, 0.29) is 38.6 Å². The fourth-order valence-corrected chi connectivity index (χ4v) is 6.11. The summed E-state index contributed by atoms with van der Waals surface area (Å²) in [5, 5.41) is 0. The predicted molar refractivity (Wildman–Crippen MR) is 131 cm³/mol. The molecule has 4 rings (SSSR count). The summed E-state index contributed by atoms with van der Waals surface area (Å²) in [6, 6.07) is 4.08. The first-order valence-corrected chi connectivity index (χ1v) is 13.7. The van der Waals surface area contributed by atoms with Gasteiger partial charge >= 0.3 is 30.8 Å². The van der Waals surface area contributed by atoms with E-state index in [1.54, 1.807) is 6.07 Å². The SMILES string of the molecule is O=C(OC(C(F)(F)F)C(F)(F)F)N1CCC2(CCCN2Cc2cc(CN3CCCCC3)cc(C(F)(F)F)c2)CC1.O=C=O. The number of hydrogen-bond acceptors (Lipinski definition) is 6. The molecule has 242 valence electrons. The summed E-state index contributed by atoms with van der Waals surface area (Å²) in [5.74, 6) is 0. The highest BCUT2D eigenvalue weighted by molar-refractivity contribution is 5.68. The minimum atomic E-state index is -5.80. The summed E-state index contributed by atoms with van der Waals surface area (Å²) in [6.45, 7) is 2.61. The Morgan fingerprint density at radius 1 is 0.767 bits per heavy atom. The highest BCUT2D eigenvalue weighted by atomic mass is 19.4. The van der Waals surface area contributed by atoms with Crippen LogP contribution in [0.25, 0.3) is 0 Å². The van der Waals surface area contributed by atoms with Crippen LogP contribution in [0.15, 0.2) is 18.2 Å². The number of likely N-dealkylation sites (tertiary alicyclic amines) is 3. The van der Waals surface area contributed by atoms with Gasteiger partial charge in [-0.05, 0) is 81.4 Å². The number of carbonyl (C=O) groups is 1. The third kappa shape index (κ3) is 9.32. The van der Waals surface area contributed by atoms with Gasteiger partial charge in [0.25, 0.3) is 6.10 Å². The zero-order valence-electron chi connectivity index (χ0n) is 23.1. The Labute approximate surface area is 241 Å². The quantitative estimate of drug-likeness (QED) is 0.362. The van der Waals surface area contributed by atoms with Crippen LogP contribution < -0.4 is 0 Å². The number of ether oxygens (including phenoxy) is 1. The Balaban J connectivity index is 0.00000162. The van der Waals surface area contributed by atoms with Crippen molar-refractivity contribution in [1.82, 2.24) is 14.7 Å². The Hall–Kier alpha value is -2.84. The van der Waals surface area contributed by atoms with E-state index in [1.165, 1.54) is 6.07 Å². The van der Waals surface area contributed by atoms with Crippen molar-refractivity contribution in [2.45, 2.75) is 88.2 Å². The molecule has 0 radical (unpaired) electrons. The van der Waals surface area contributed by atoms with E-state index >= 15 is 0 Å². The lowest BCUT2D eigenvalue weighted by Gasteiger charge is -2.45. The monoisotopic (exact) mass is 633 g/mol. The molecule has 3 aliphatic heterocycles. The fourth-order valence-electron chi connectivity index (χ4n) is 6.11. The Morgan fingerprint density at radius 3 is 1.81 bits per heavy atom. The van der Waals surface area contributed by atoms with Crippen molar-refractivity contribution in [3.8, 4) is 0 Å². The van der Waals surface area contributed by atoms with Gasteiger partial charge in [-0.2, -0.15) is 49.1 Å². The number of halogens is 9. The molecule has 0 saturated carbocycles. The van der Waals surface area contributed by atoms with Crippen molar-refractivity contribution < 1.29 is 58.6 Å². The maximum Gasteiger partial charge on any atom is 0.434 e. The third-order valence-electron chi connectivity index (χ3n) is 8.11. The van der Waals surface area contributed by atoms with Crippen LogP contribution in [0.4, 0.5) is 44.3 Å². The molecule has 1 aromatic rings. The Kier molecular flexibility index (Phi) is 11.2. The predicted octanol–water partition coefficient (Wildman–Crippen LogP) is 6.17. The van der Waals surface area contributed by atoms with Crippen LogP contribution in [-0.4, -0.2) is 83.7 Å². The van der Waals surface area contributed by atoms with Gasteiger partial charge in [-0.15, -0.1) is 0 Å². The van der Waals surface area contributed by atoms with Crippen LogP contribution in [0.1, 0.15) is 61.6 Å². The summed E-state index contributed by atoms with van der Waals surface area (Å²) in [7, 11) is 0. The zero-order chi connectivity index (χ0) is 32.1. The molecular weight excluding hydrogens is 601 g/mol. The van der Waals surface area contributed by atoms with Crippen LogP contribution >= 0.6 is 0 Å². The minimum absolute atomic E-state index is 0.124. The van der Waals surface area contributed by atoms with Gasteiger partial charge in [-0.1, -0.05) is 12.5 Å². The third-order valence-corrected chi connectivity index (χ3v) is 8.11. The second kappa shape index (κ2) is 13.9. The van der Waals surface area contributed by atoms with Gasteiger partial charge < -0.3 is 9.64 Å². The van der Waals surface area contributed by atoms with Gasteiger partial charge in [0, 0.05) is 31.7 Å². The number of benzene rings is 1. The maximum absolute atomic E-state index is 13.7. The summed E-state index contributed by atoms with van der Waals surface area (Å²) in [5.41, 5.74) is -0.192. The highest BCUT2D eigenvalue weighted by Gasteiger charge is 2.60. The number of piperidine rings is 2. The molecule has 7 nitrogen and oxygen atoms in total. The number of hydrogen-bond donors (Lipinski definition) is 0. The van der Waals surface area contributed by atoms with Crippen LogP contribution in [0, 0.1) is 0 Å². The van der Waals surface area contributed by atoms with E-state index in [4.69, 9.17) is 9.59 Å². The summed E-state index contributed by atoms with van der Waals surface area (Å²) in [6.07, 6.45) is -16.8. The van der Waals surface area contributed by atoms with E-state index in [0.717, 1.165) is 49.7 Å². The summed E-state index contributed by atoms with van der Waals surface area (Å²) >= 11 is 0. The molecule has 1 amide bonds. The molecule has 0 unspecified atom stereocenters. The summed E-state index contributed by atoms with van der Waals surface area (Å²) in [4.78, 5) is 33.4. The fraction of sp³-hybridized carbons (Fsp3) is 0.704. The van der Waals surface area contributed by atoms with Crippen LogP contribution in [0.2, 0.25) is 0 Å². The molecule has 3 aliphatic rings. The molecule has 0 aromatic heterocycles. The average molecular weight is 634 g/mol. The van der Waals surface area contributed by atoms with Crippen LogP contribution in [0.3, 0.4) is 0 Å². The molecule has 3 saturated heterocycles. The number of amides is 1. The molecular formula is C27H32F9N3O4. The molecule has 3 fully saturated rings. The average Bonchev–Trinajstić information content (AvgIpc) is 3.27. The van der Waals surface area contributed by atoms with E-state index in [1.807, 2.05) is 4.90 Å².